The smallest absolute Gasteiger partial charge is 0.124 e. The monoisotopic (exact) mass is 307 g/mol. The Hall–Kier alpha value is 0.0600. The van der Waals surface area contributed by atoms with Gasteiger partial charge in [-0.15, -0.1) is 11.3 Å². The van der Waals surface area contributed by atoms with Crippen molar-refractivity contribution in [3.63, 3.8) is 0 Å². The Labute approximate surface area is 92.6 Å². The molecule has 12 heavy (non-hydrogen) atoms. The zero-order chi connectivity index (χ0) is 8.39. The Morgan fingerprint density at radius 1 is 1.42 bits per heavy atom. The van der Waals surface area contributed by atoms with E-state index >= 15 is 0 Å². The minimum absolute atomic E-state index is 0.998. The Bertz CT molecular complexity index is 353. The zero-order valence-corrected chi connectivity index (χ0v) is 9.95. The average molecular weight is 307 g/mol. The van der Waals surface area contributed by atoms with Gasteiger partial charge < -0.3 is 0 Å². The van der Waals surface area contributed by atoms with E-state index in [9.17, 15) is 0 Å². The third-order valence-electron chi connectivity index (χ3n) is 1.46. The molecular weight excluding hydrogens is 301 g/mol. The second-order valence-corrected chi connectivity index (χ2v) is 4.69. The quantitative estimate of drug-likeness (QED) is 0.607. The van der Waals surface area contributed by atoms with Crippen molar-refractivity contribution in [1.29, 1.82) is 0 Å². The number of thiophene rings is 1. The Morgan fingerprint density at radius 2 is 2.33 bits per heavy atom. The standard InChI is InChI=1S/C8H6INS2/c9-3-7-5-12-8(10-7)6-1-2-11-4-6/h1-2,4-5H,3H2. The summed E-state index contributed by atoms with van der Waals surface area (Å²) >= 11 is 5.77. The molecule has 0 aromatic carbocycles. The molecule has 2 rings (SSSR count). The SMILES string of the molecule is ICc1csc(-c2ccsc2)n1. The molecule has 2 heterocycles. The van der Waals surface area contributed by atoms with E-state index in [1.54, 1.807) is 22.7 Å². The summed E-state index contributed by atoms with van der Waals surface area (Å²) in [6.45, 7) is 0. The first kappa shape index (κ1) is 8.65. The van der Waals surface area contributed by atoms with Crippen LogP contribution in [-0.4, -0.2) is 4.98 Å². The minimum atomic E-state index is 0.998. The van der Waals surface area contributed by atoms with Gasteiger partial charge in [-0.25, -0.2) is 4.98 Å². The van der Waals surface area contributed by atoms with Gasteiger partial charge in [0.2, 0.25) is 0 Å². The van der Waals surface area contributed by atoms with E-state index in [2.05, 4.69) is 49.8 Å². The molecule has 0 fully saturated rings. The third-order valence-corrected chi connectivity index (χ3v) is 3.86. The number of nitrogens with zero attached hydrogens (tertiary/aromatic N) is 1. The van der Waals surface area contributed by atoms with E-state index < -0.39 is 0 Å². The Morgan fingerprint density at radius 3 is 2.92 bits per heavy atom. The van der Waals surface area contributed by atoms with Crippen molar-refractivity contribution in [2.45, 2.75) is 4.43 Å². The highest BCUT2D eigenvalue weighted by molar-refractivity contribution is 14.1. The first-order valence-corrected chi connectivity index (χ1v) is 6.78. The molecule has 0 atom stereocenters. The highest BCUT2D eigenvalue weighted by atomic mass is 127. The average Bonchev–Trinajstić information content (AvgIpc) is 2.75. The largest absolute Gasteiger partial charge is 0.240 e. The van der Waals surface area contributed by atoms with Crippen molar-refractivity contribution in [2.24, 2.45) is 0 Å². The van der Waals surface area contributed by atoms with E-state index in [1.807, 2.05) is 0 Å². The lowest BCUT2D eigenvalue weighted by molar-refractivity contribution is 1.26. The van der Waals surface area contributed by atoms with Crippen LogP contribution in [-0.2, 0) is 4.43 Å². The van der Waals surface area contributed by atoms with Crippen molar-refractivity contribution in [1.82, 2.24) is 4.98 Å². The van der Waals surface area contributed by atoms with Gasteiger partial charge in [0.1, 0.15) is 5.01 Å². The molecule has 0 amide bonds. The fourth-order valence-electron chi connectivity index (χ4n) is 0.887. The Kier molecular flexibility index (Phi) is 2.77. The fourth-order valence-corrected chi connectivity index (χ4v) is 3.11. The van der Waals surface area contributed by atoms with Crippen LogP contribution in [0.3, 0.4) is 0 Å². The highest BCUT2D eigenvalue weighted by Gasteiger charge is 2.02. The van der Waals surface area contributed by atoms with E-state index in [4.69, 9.17) is 0 Å². The van der Waals surface area contributed by atoms with Crippen molar-refractivity contribution in [3.8, 4) is 10.6 Å². The van der Waals surface area contributed by atoms with Crippen LogP contribution in [0.25, 0.3) is 10.6 Å². The van der Waals surface area contributed by atoms with Crippen LogP contribution >= 0.6 is 45.3 Å². The molecule has 0 radical (unpaired) electrons. The summed E-state index contributed by atoms with van der Waals surface area (Å²) < 4.78 is 0.998. The van der Waals surface area contributed by atoms with E-state index in [0.29, 0.717) is 0 Å². The number of alkyl halides is 1. The molecule has 1 nitrogen and oxygen atoms in total. The van der Waals surface area contributed by atoms with Crippen molar-refractivity contribution < 1.29 is 0 Å². The first-order chi connectivity index (χ1) is 5.90. The molecule has 0 aliphatic carbocycles. The van der Waals surface area contributed by atoms with Gasteiger partial charge in [0, 0.05) is 20.8 Å². The number of rotatable bonds is 2. The van der Waals surface area contributed by atoms with Gasteiger partial charge in [0.25, 0.3) is 0 Å². The maximum absolute atomic E-state index is 4.49. The summed E-state index contributed by atoms with van der Waals surface area (Å²) in [5, 5.41) is 7.48. The number of aromatic nitrogens is 1. The van der Waals surface area contributed by atoms with E-state index in [1.165, 1.54) is 11.3 Å². The molecule has 0 saturated carbocycles. The summed E-state index contributed by atoms with van der Waals surface area (Å²) in [6.07, 6.45) is 0. The van der Waals surface area contributed by atoms with Crippen molar-refractivity contribution in [2.75, 3.05) is 0 Å². The molecule has 0 bridgehead atoms. The summed E-state index contributed by atoms with van der Waals surface area (Å²) in [4.78, 5) is 4.49. The van der Waals surface area contributed by atoms with Gasteiger partial charge >= 0.3 is 0 Å². The molecule has 2 aromatic rings. The number of halogens is 1. The predicted octanol–water partition coefficient (Wildman–Crippen LogP) is 3.81. The third kappa shape index (κ3) is 1.70. The van der Waals surface area contributed by atoms with Crippen LogP contribution in [0.5, 0.6) is 0 Å². The second kappa shape index (κ2) is 3.85. The summed E-state index contributed by atoms with van der Waals surface area (Å²) in [5.74, 6) is 0. The number of thiazole rings is 1. The normalized spacial score (nSPS) is 10.4. The number of hydrogen-bond acceptors (Lipinski definition) is 3. The molecule has 0 aliphatic heterocycles. The molecule has 0 unspecified atom stereocenters. The number of hydrogen-bond donors (Lipinski definition) is 0. The topological polar surface area (TPSA) is 12.9 Å². The highest BCUT2D eigenvalue weighted by Crippen LogP contribution is 2.26. The second-order valence-electron chi connectivity index (χ2n) is 2.29. The van der Waals surface area contributed by atoms with Gasteiger partial charge in [-0.2, -0.15) is 11.3 Å². The molecule has 62 valence electrons. The molecule has 4 heteroatoms. The fraction of sp³-hybridized carbons (Fsp3) is 0.125. The summed E-state index contributed by atoms with van der Waals surface area (Å²) in [5.41, 5.74) is 2.43. The van der Waals surface area contributed by atoms with Gasteiger partial charge in [0.15, 0.2) is 0 Å². The van der Waals surface area contributed by atoms with Crippen LogP contribution in [0, 0.1) is 0 Å². The van der Waals surface area contributed by atoms with Crippen molar-refractivity contribution >= 4 is 45.3 Å². The summed E-state index contributed by atoms with van der Waals surface area (Å²) in [7, 11) is 0. The van der Waals surface area contributed by atoms with Crippen molar-refractivity contribution in [3.05, 3.63) is 27.9 Å². The van der Waals surface area contributed by atoms with Crippen LogP contribution in [0.1, 0.15) is 5.69 Å². The lowest BCUT2D eigenvalue weighted by atomic mass is 10.4. The Balaban J connectivity index is 2.35. The molecule has 0 spiro atoms. The van der Waals surface area contributed by atoms with Crippen LogP contribution < -0.4 is 0 Å². The van der Waals surface area contributed by atoms with E-state index in [-0.39, 0.29) is 0 Å². The molecule has 0 N–H and O–H groups in total. The molecule has 0 saturated heterocycles. The van der Waals surface area contributed by atoms with Gasteiger partial charge in [-0.3, -0.25) is 0 Å². The summed E-state index contributed by atoms with van der Waals surface area (Å²) in [6, 6.07) is 2.11. The van der Waals surface area contributed by atoms with Gasteiger partial charge in [0.05, 0.1) is 5.69 Å². The molecular formula is C8H6INS2. The molecule has 2 aromatic heterocycles. The maximum atomic E-state index is 4.49. The molecule has 0 aliphatic rings. The van der Waals surface area contributed by atoms with Gasteiger partial charge in [-0.05, 0) is 11.4 Å². The zero-order valence-electron chi connectivity index (χ0n) is 6.16. The van der Waals surface area contributed by atoms with Crippen LogP contribution in [0.2, 0.25) is 0 Å². The first-order valence-electron chi connectivity index (χ1n) is 3.43. The lowest BCUT2D eigenvalue weighted by Crippen LogP contribution is -1.75. The van der Waals surface area contributed by atoms with Crippen LogP contribution in [0.15, 0.2) is 22.2 Å². The predicted molar refractivity (Wildman–Crippen MR) is 63.2 cm³/mol. The minimum Gasteiger partial charge on any atom is -0.240 e. The van der Waals surface area contributed by atoms with Crippen LogP contribution in [0.4, 0.5) is 0 Å². The van der Waals surface area contributed by atoms with E-state index in [0.717, 1.165) is 9.44 Å². The lowest BCUT2D eigenvalue weighted by Gasteiger charge is -1.86. The van der Waals surface area contributed by atoms with Gasteiger partial charge in [-0.1, -0.05) is 22.6 Å². The maximum Gasteiger partial charge on any atom is 0.124 e.